The van der Waals surface area contributed by atoms with E-state index in [-0.39, 0.29) is 18.2 Å². The molecule has 152 valence electrons. The Bertz CT molecular complexity index is 978. The Labute approximate surface area is 179 Å². The van der Waals surface area contributed by atoms with E-state index in [0.29, 0.717) is 34.4 Å². The van der Waals surface area contributed by atoms with Gasteiger partial charge >= 0.3 is 0 Å². The summed E-state index contributed by atoms with van der Waals surface area (Å²) >= 11 is 12.0. The number of benzene rings is 2. The van der Waals surface area contributed by atoms with Crippen molar-refractivity contribution >= 4 is 46.6 Å². The lowest BCUT2D eigenvalue weighted by molar-refractivity contribution is -0.131. The van der Waals surface area contributed by atoms with Crippen LogP contribution in [-0.4, -0.2) is 41.8 Å². The monoisotopic (exact) mass is 433 g/mol. The molecule has 3 rings (SSSR count). The largest absolute Gasteiger partial charge is 0.353 e. The van der Waals surface area contributed by atoms with E-state index in [1.807, 2.05) is 19.9 Å². The summed E-state index contributed by atoms with van der Waals surface area (Å²) in [5.74, 6) is -1.07. The van der Waals surface area contributed by atoms with Crippen molar-refractivity contribution in [3.63, 3.8) is 0 Å². The number of halogens is 2. The fourth-order valence-corrected chi connectivity index (χ4v) is 3.51. The molecular weight excluding hydrogens is 413 g/mol. The Morgan fingerprint density at radius 1 is 1.14 bits per heavy atom. The van der Waals surface area contributed by atoms with Crippen molar-refractivity contribution in [2.24, 2.45) is 0 Å². The molecule has 1 aliphatic heterocycles. The normalized spacial score (nSPS) is 16.3. The molecule has 6 nitrogen and oxygen atoms in total. The second-order valence-corrected chi connectivity index (χ2v) is 7.82. The Morgan fingerprint density at radius 2 is 1.90 bits per heavy atom. The zero-order valence-electron chi connectivity index (χ0n) is 16.1. The van der Waals surface area contributed by atoms with Crippen molar-refractivity contribution in [3.8, 4) is 0 Å². The molecule has 0 radical (unpaired) electrons. The molecule has 29 heavy (non-hydrogen) atoms. The van der Waals surface area contributed by atoms with Gasteiger partial charge in [-0.15, -0.1) is 0 Å². The highest BCUT2D eigenvalue weighted by Gasteiger charge is 2.35. The summed E-state index contributed by atoms with van der Waals surface area (Å²) in [5, 5.41) is 6.14. The van der Waals surface area contributed by atoms with Crippen molar-refractivity contribution in [1.29, 1.82) is 0 Å². The Balaban J connectivity index is 1.78. The molecule has 0 aliphatic carbocycles. The molecule has 2 aromatic carbocycles. The van der Waals surface area contributed by atoms with Crippen molar-refractivity contribution in [2.45, 2.75) is 26.3 Å². The van der Waals surface area contributed by atoms with Gasteiger partial charge < -0.3 is 15.5 Å². The number of nitrogens with zero attached hydrogens (tertiary/aromatic N) is 1. The first-order valence-electron chi connectivity index (χ1n) is 9.17. The van der Waals surface area contributed by atoms with Gasteiger partial charge in [-0.3, -0.25) is 14.4 Å². The smallest absolute Gasteiger partial charge is 0.254 e. The lowest BCUT2D eigenvalue weighted by atomic mass is 10.0. The summed E-state index contributed by atoms with van der Waals surface area (Å²) in [6, 6.07) is 9.21. The number of hydrogen-bond donors (Lipinski definition) is 2. The van der Waals surface area contributed by atoms with Gasteiger partial charge in [0.05, 0.1) is 17.1 Å². The number of rotatable bonds is 4. The molecule has 0 spiro atoms. The summed E-state index contributed by atoms with van der Waals surface area (Å²) in [6.07, 6.45) is -0.189. The van der Waals surface area contributed by atoms with Crippen molar-refractivity contribution in [1.82, 2.24) is 10.2 Å². The molecule has 8 heteroatoms. The maximum absolute atomic E-state index is 13.0. The van der Waals surface area contributed by atoms with Crippen LogP contribution in [0, 0.1) is 13.8 Å². The minimum Gasteiger partial charge on any atom is -0.353 e. The lowest BCUT2D eigenvalue weighted by Gasteiger charge is -2.35. The maximum atomic E-state index is 13.0. The highest BCUT2D eigenvalue weighted by Crippen LogP contribution is 2.26. The average molecular weight is 434 g/mol. The van der Waals surface area contributed by atoms with Gasteiger partial charge in [-0.25, -0.2) is 0 Å². The highest BCUT2D eigenvalue weighted by molar-refractivity contribution is 6.35. The summed E-state index contributed by atoms with van der Waals surface area (Å²) < 4.78 is 0. The maximum Gasteiger partial charge on any atom is 0.254 e. The predicted octanol–water partition coefficient (Wildman–Crippen LogP) is 3.58. The van der Waals surface area contributed by atoms with E-state index in [1.165, 1.54) is 11.0 Å². The molecule has 1 fully saturated rings. The van der Waals surface area contributed by atoms with Crippen LogP contribution in [0.1, 0.15) is 27.9 Å². The van der Waals surface area contributed by atoms with Crippen molar-refractivity contribution in [2.75, 3.05) is 18.4 Å². The number of piperazine rings is 1. The minimum absolute atomic E-state index is 0.189. The van der Waals surface area contributed by atoms with Crippen LogP contribution in [0.3, 0.4) is 0 Å². The average Bonchev–Trinajstić information content (AvgIpc) is 2.68. The molecule has 0 unspecified atom stereocenters. The molecule has 0 bridgehead atoms. The van der Waals surface area contributed by atoms with Gasteiger partial charge in [-0.05, 0) is 55.3 Å². The van der Waals surface area contributed by atoms with E-state index in [4.69, 9.17) is 23.2 Å². The molecule has 2 N–H and O–H groups in total. The number of carbonyl (C=O) groups is 3. The fraction of sp³-hybridized carbons (Fsp3) is 0.286. The Kier molecular flexibility index (Phi) is 6.45. The first-order chi connectivity index (χ1) is 13.8. The van der Waals surface area contributed by atoms with Gasteiger partial charge in [-0.1, -0.05) is 29.3 Å². The van der Waals surface area contributed by atoms with Crippen LogP contribution < -0.4 is 10.6 Å². The standard InChI is InChI=1S/C21H21Cl2N3O3/c1-12-3-4-14(9-13(12)2)21(29)26-8-7-24-20(28)18(26)11-19(27)25-17-10-15(22)5-6-16(17)23/h3-6,9-10,18H,7-8,11H2,1-2H3,(H,24,28)(H,25,27)/t18-/m1/s1. The van der Waals surface area contributed by atoms with Crippen molar-refractivity contribution < 1.29 is 14.4 Å². The second-order valence-electron chi connectivity index (χ2n) is 6.98. The summed E-state index contributed by atoms with van der Waals surface area (Å²) in [7, 11) is 0. The molecule has 1 atom stereocenters. The molecule has 0 saturated carbocycles. The zero-order chi connectivity index (χ0) is 21.1. The Hall–Kier alpha value is -2.57. The van der Waals surface area contributed by atoms with E-state index in [1.54, 1.807) is 24.3 Å². The molecule has 1 heterocycles. The first kappa shape index (κ1) is 21.1. The number of hydrogen-bond acceptors (Lipinski definition) is 3. The van der Waals surface area contributed by atoms with Crippen LogP contribution in [-0.2, 0) is 9.59 Å². The highest BCUT2D eigenvalue weighted by atomic mass is 35.5. The van der Waals surface area contributed by atoms with Crippen LogP contribution in [0.25, 0.3) is 0 Å². The number of anilines is 1. The van der Waals surface area contributed by atoms with Gasteiger partial charge in [0.2, 0.25) is 11.8 Å². The van der Waals surface area contributed by atoms with Gasteiger partial charge in [0, 0.05) is 23.7 Å². The molecular formula is C21H21Cl2N3O3. The topological polar surface area (TPSA) is 78.5 Å². The van der Waals surface area contributed by atoms with E-state index < -0.39 is 11.9 Å². The van der Waals surface area contributed by atoms with Gasteiger partial charge in [-0.2, -0.15) is 0 Å². The van der Waals surface area contributed by atoms with Crippen molar-refractivity contribution in [3.05, 3.63) is 63.1 Å². The minimum atomic E-state index is -0.907. The van der Waals surface area contributed by atoms with Gasteiger partial charge in [0.15, 0.2) is 0 Å². The quantitative estimate of drug-likeness (QED) is 0.772. The molecule has 3 amide bonds. The third kappa shape index (κ3) is 4.89. The number of amides is 3. The third-order valence-corrected chi connectivity index (χ3v) is 5.49. The number of carbonyl (C=O) groups excluding carboxylic acids is 3. The third-order valence-electron chi connectivity index (χ3n) is 4.93. The lowest BCUT2D eigenvalue weighted by Crippen LogP contribution is -2.58. The van der Waals surface area contributed by atoms with E-state index >= 15 is 0 Å². The summed E-state index contributed by atoms with van der Waals surface area (Å²) in [5.41, 5.74) is 2.91. The van der Waals surface area contributed by atoms with Gasteiger partial charge in [0.1, 0.15) is 6.04 Å². The van der Waals surface area contributed by atoms with Crippen LogP contribution in [0.5, 0.6) is 0 Å². The molecule has 1 aliphatic rings. The second kappa shape index (κ2) is 8.84. The fourth-order valence-electron chi connectivity index (χ4n) is 3.17. The van der Waals surface area contributed by atoms with Crippen LogP contribution in [0.15, 0.2) is 36.4 Å². The summed E-state index contributed by atoms with van der Waals surface area (Å²) in [4.78, 5) is 39.5. The summed E-state index contributed by atoms with van der Waals surface area (Å²) in [6.45, 7) is 4.56. The first-order valence-corrected chi connectivity index (χ1v) is 9.92. The number of nitrogens with one attached hydrogen (secondary N) is 2. The molecule has 2 aromatic rings. The molecule has 1 saturated heterocycles. The van der Waals surface area contributed by atoms with Gasteiger partial charge in [0.25, 0.3) is 5.91 Å². The SMILES string of the molecule is Cc1ccc(C(=O)N2CCNC(=O)[C@H]2CC(=O)Nc2cc(Cl)ccc2Cl)cc1C. The van der Waals surface area contributed by atoms with E-state index in [0.717, 1.165) is 11.1 Å². The van der Waals surface area contributed by atoms with Crippen LogP contribution in [0.4, 0.5) is 5.69 Å². The van der Waals surface area contributed by atoms with Crippen LogP contribution >= 0.6 is 23.2 Å². The number of aryl methyl sites for hydroxylation is 2. The van der Waals surface area contributed by atoms with E-state index in [2.05, 4.69) is 10.6 Å². The van der Waals surface area contributed by atoms with E-state index in [9.17, 15) is 14.4 Å². The Morgan fingerprint density at radius 3 is 2.62 bits per heavy atom. The predicted molar refractivity (Wildman–Crippen MR) is 113 cm³/mol. The van der Waals surface area contributed by atoms with Crippen LogP contribution in [0.2, 0.25) is 10.0 Å². The zero-order valence-corrected chi connectivity index (χ0v) is 17.6. The molecule has 0 aromatic heterocycles.